The van der Waals surface area contributed by atoms with Gasteiger partial charge >= 0.3 is 5.97 Å². The van der Waals surface area contributed by atoms with Crippen LogP contribution >= 0.6 is 0 Å². The smallest absolute Gasteiger partial charge is 0.329 e. The number of hydrogen-bond acceptors (Lipinski definition) is 3. The molecule has 0 saturated heterocycles. The number of para-hydroxylation sites is 1. The van der Waals surface area contributed by atoms with Crippen molar-refractivity contribution in [3.05, 3.63) is 48.3 Å². The predicted octanol–water partition coefficient (Wildman–Crippen LogP) is 1.61. The highest BCUT2D eigenvalue weighted by molar-refractivity contribution is 5.97. The summed E-state index contributed by atoms with van der Waals surface area (Å²) >= 11 is 0. The Kier molecular flexibility index (Phi) is 3.21. The zero-order valence-corrected chi connectivity index (χ0v) is 11.3. The molecule has 1 aromatic heterocycles. The molecule has 1 aliphatic rings. The lowest BCUT2D eigenvalue weighted by molar-refractivity contribution is -0.148. The third kappa shape index (κ3) is 2.40. The van der Waals surface area contributed by atoms with Crippen LogP contribution in [0.5, 0.6) is 0 Å². The predicted molar refractivity (Wildman–Crippen MR) is 75.2 cm³/mol. The van der Waals surface area contributed by atoms with Gasteiger partial charge in [-0.05, 0) is 31.4 Å². The average Bonchev–Trinajstić information content (AvgIpc) is 2.93. The van der Waals surface area contributed by atoms with Crippen LogP contribution in [0.4, 0.5) is 0 Å². The first-order valence-electron chi connectivity index (χ1n) is 6.77. The van der Waals surface area contributed by atoms with E-state index in [0.29, 0.717) is 18.4 Å². The molecule has 108 valence electrons. The van der Waals surface area contributed by atoms with E-state index in [4.69, 9.17) is 0 Å². The second kappa shape index (κ2) is 5.05. The van der Waals surface area contributed by atoms with Crippen LogP contribution in [-0.4, -0.2) is 32.3 Å². The number of rotatable bonds is 4. The van der Waals surface area contributed by atoms with Gasteiger partial charge in [-0.15, -0.1) is 0 Å². The molecular weight excluding hydrogens is 270 g/mol. The second-order valence-corrected chi connectivity index (χ2v) is 5.20. The Morgan fingerprint density at radius 2 is 1.95 bits per heavy atom. The number of carboxylic acid groups (broad SMARTS) is 1. The summed E-state index contributed by atoms with van der Waals surface area (Å²) in [6.45, 7) is 0. The van der Waals surface area contributed by atoms with Crippen LogP contribution in [0.1, 0.15) is 29.6 Å². The number of carboxylic acids is 1. The highest BCUT2D eigenvalue weighted by Crippen LogP contribution is 2.32. The van der Waals surface area contributed by atoms with Gasteiger partial charge in [0, 0.05) is 6.20 Å². The molecule has 1 heterocycles. The second-order valence-electron chi connectivity index (χ2n) is 5.20. The minimum atomic E-state index is -1.11. The zero-order valence-electron chi connectivity index (χ0n) is 11.3. The van der Waals surface area contributed by atoms with Gasteiger partial charge in [0.05, 0.1) is 17.4 Å². The van der Waals surface area contributed by atoms with E-state index in [9.17, 15) is 14.7 Å². The first-order valence-corrected chi connectivity index (χ1v) is 6.77. The van der Waals surface area contributed by atoms with Gasteiger partial charge in [-0.25, -0.2) is 9.48 Å². The van der Waals surface area contributed by atoms with Crippen molar-refractivity contribution in [2.75, 3.05) is 0 Å². The summed E-state index contributed by atoms with van der Waals surface area (Å²) in [6, 6.07) is 9.40. The molecule has 1 aromatic carbocycles. The molecule has 0 aliphatic heterocycles. The monoisotopic (exact) mass is 285 g/mol. The van der Waals surface area contributed by atoms with Crippen LogP contribution in [0, 0.1) is 0 Å². The van der Waals surface area contributed by atoms with Gasteiger partial charge in [0.25, 0.3) is 5.91 Å². The van der Waals surface area contributed by atoms with E-state index in [2.05, 4.69) is 10.4 Å². The van der Waals surface area contributed by atoms with Gasteiger partial charge in [-0.2, -0.15) is 5.10 Å². The van der Waals surface area contributed by atoms with E-state index in [0.717, 1.165) is 12.1 Å². The summed E-state index contributed by atoms with van der Waals surface area (Å²) in [5, 5.41) is 16.0. The maximum absolute atomic E-state index is 12.2. The lowest BCUT2D eigenvalue weighted by Gasteiger charge is -2.38. The molecule has 1 amide bonds. The van der Waals surface area contributed by atoms with E-state index in [1.807, 2.05) is 30.3 Å². The Labute approximate surface area is 121 Å². The molecule has 0 radical (unpaired) electrons. The molecule has 1 aliphatic carbocycles. The summed E-state index contributed by atoms with van der Waals surface area (Å²) in [6.07, 6.45) is 4.80. The van der Waals surface area contributed by atoms with Gasteiger partial charge < -0.3 is 10.4 Å². The third-order valence-electron chi connectivity index (χ3n) is 3.83. The summed E-state index contributed by atoms with van der Waals surface area (Å²) in [7, 11) is 0. The van der Waals surface area contributed by atoms with E-state index in [-0.39, 0.29) is 0 Å². The fourth-order valence-corrected chi connectivity index (χ4v) is 2.37. The molecule has 0 spiro atoms. The number of carbonyl (C=O) groups excluding carboxylic acids is 1. The number of aliphatic carboxylic acids is 1. The van der Waals surface area contributed by atoms with Crippen LogP contribution < -0.4 is 5.32 Å². The van der Waals surface area contributed by atoms with Crippen molar-refractivity contribution >= 4 is 11.9 Å². The minimum absolute atomic E-state index is 0.353. The van der Waals surface area contributed by atoms with E-state index >= 15 is 0 Å². The number of nitrogens with one attached hydrogen (secondary N) is 1. The number of benzene rings is 1. The van der Waals surface area contributed by atoms with E-state index < -0.39 is 17.4 Å². The van der Waals surface area contributed by atoms with Gasteiger partial charge in [-0.1, -0.05) is 18.2 Å². The SMILES string of the molecule is O=C(NC1(C(=O)O)CCC1)c1cnn(-c2ccccc2)c1. The van der Waals surface area contributed by atoms with Gasteiger partial charge in [-0.3, -0.25) is 4.79 Å². The molecule has 2 N–H and O–H groups in total. The van der Waals surface area contributed by atoms with Crippen molar-refractivity contribution in [1.29, 1.82) is 0 Å². The Hall–Kier alpha value is -2.63. The molecule has 3 rings (SSSR count). The quantitative estimate of drug-likeness (QED) is 0.893. The maximum Gasteiger partial charge on any atom is 0.329 e. The molecule has 6 nitrogen and oxygen atoms in total. The van der Waals surface area contributed by atoms with Crippen molar-refractivity contribution in [1.82, 2.24) is 15.1 Å². The van der Waals surface area contributed by atoms with Crippen LogP contribution in [0.25, 0.3) is 5.69 Å². The van der Waals surface area contributed by atoms with Gasteiger partial charge in [0.15, 0.2) is 0 Å². The van der Waals surface area contributed by atoms with E-state index in [1.54, 1.807) is 10.9 Å². The maximum atomic E-state index is 12.2. The first-order chi connectivity index (χ1) is 10.1. The Morgan fingerprint density at radius 1 is 1.24 bits per heavy atom. The van der Waals surface area contributed by atoms with E-state index in [1.165, 1.54) is 6.20 Å². The van der Waals surface area contributed by atoms with Crippen LogP contribution in [0.15, 0.2) is 42.7 Å². The highest BCUT2D eigenvalue weighted by Gasteiger charge is 2.45. The van der Waals surface area contributed by atoms with Crippen molar-refractivity contribution in [2.45, 2.75) is 24.8 Å². The Morgan fingerprint density at radius 3 is 2.52 bits per heavy atom. The van der Waals surface area contributed by atoms with Crippen molar-refractivity contribution in [2.24, 2.45) is 0 Å². The number of carbonyl (C=O) groups is 2. The zero-order chi connectivity index (χ0) is 14.9. The Balaban J connectivity index is 1.77. The minimum Gasteiger partial charge on any atom is -0.480 e. The fraction of sp³-hybridized carbons (Fsp3) is 0.267. The van der Waals surface area contributed by atoms with Gasteiger partial charge in [0.2, 0.25) is 0 Å². The summed E-state index contributed by atoms with van der Waals surface area (Å²) in [5.41, 5.74) is 0.0888. The van der Waals surface area contributed by atoms with Crippen molar-refractivity contribution in [3.63, 3.8) is 0 Å². The van der Waals surface area contributed by atoms with Crippen LogP contribution in [0.2, 0.25) is 0 Å². The Bertz CT molecular complexity index is 674. The summed E-state index contributed by atoms with van der Waals surface area (Å²) < 4.78 is 1.59. The molecule has 0 atom stereocenters. The third-order valence-corrected chi connectivity index (χ3v) is 3.83. The average molecular weight is 285 g/mol. The summed E-state index contributed by atoms with van der Waals surface area (Å²) in [4.78, 5) is 23.4. The molecule has 2 aromatic rings. The van der Waals surface area contributed by atoms with Crippen LogP contribution in [0.3, 0.4) is 0 Å². The lowest BCUT2D eigenvalue weighted by atomic mass is 9.76. The molecule has 6 heteroatoms. The lowest BCUT2D eigenvalue weighted by Crippen LogP contribution is -2.59. The number of amides is 1. The highest BCUT2D eigenvalue weighted by atomic mass is 16.4. The topological polar surface area (TPSA) is 84.2 Å². The molecule has 0 unspecified atom stereocenters. The standard InChI is InChI=1S/C15H15N3O3/c19-13(17-15(14(20)21)7-4-8-15)11-9-16-18(10-11)12-5-2-1-3-6-12/h1-3,5-6,9-10H,4,7-8H2,(H,17,19)(H,20,21). The van der Waals surface area contributed by atoms with Crippen LogP contribution in [-0.2, 0) is 4.79 Å². The number of hydrogen-bond donors (Lipinski definition) is 2. The van der Waals surface area contributed by atoms with Crippen molar-refractivity contribution < 1.29 is 14.7 Å². The summed E-state index contributed by atoms with van der Waals surface area (Å²) in [5.74, 6) is -1.38. The largest absolute Gasteiger partial charge is 0.480 e. The van der Waals surface area contributed by atoms with Gasteiger partial charge in [0.1, 0.15) is 5.54 Å². The first kappa shape index (κ1) is 13.4. The molecule has 21 heavy (non-hydrogen) atoms. The normalized spacial score (nSPS) is 16.0. The molecule has 0 bridgehead atoms. The van der Waals surface area contributed by atoms with Crippen molar-refractivity contribution in [3.8, 4) is 5.69 Å². The molecular formula is C15H15N3O3. The molecule has 1 fully saturated rings. The fourth-order valence-electron chi connectivity index (χ4n) is 2.37. The number of aromatic nitrogens is 2. The number of nitrogens with zero attached hydrogens (tertiary/aromatic N) is 2. The molecule has 1 saturated carbocycles.